The molecular formula is C25H47N5O3. The summed E-state index contributed by atoms with van der Waals surface area (Å²) in [6.07, 6.45) is 4.98. The Morgan fingerprint density at radius 3 is 2.48 bits per heavy atom. The summed E-state index contributed by atoms with van der Waals surface area (Å²) in [6, 6.07) is 0.717. The number of nitrogens with one attached hydrogen (secondary N) is 1. The fourth-order valence-electron chi connectivity index (χ4n) is 6.50. The SMILES string of the molecule is CCC(CN(C)CC1CCNN1C)C1CCC2C(C1)N(C(=O)OC(C)C)C[C@H](C)N2C(C)=O. The second kappa shape index (κ2) is 11.4. The molecule has 0 bridgehead atoms. The molecule has 2 heterocycles. The van der Waals surface area contributed by atoms with Crippen LogP contribution in [0.4, 0.5) is 4.79 Å². The van der Waals surface area contributed by atoms with E-state index in [9.17, 15) is 9.59 Å². The van der Waals surface area contributed by atoms with Crippen LogP contribution in [0.1, 0.15) is 66.7 Å². The lowest BCUT2D eigenvalue weighted by atomic mass is 9.72. The lowest BCUT2D eigenvalue weighted by Gasteiger charge is -2.54. The Morgan fingerprint density at radius 2 is 1.91 bits per heavy atom. The van der Waals surface area contributed by atoms with Crippen LogP contribution in [-0.4, -0.2) is 102 Å². The number of hydrazine groups is 1. The topological polar surface area (TPSA) is 68.4 Å². The molecule has 3 rings (SSSR count). The summed E-state index contributed by atoms with van der Waals surface area (Å²) < 4.78 is 5.62. The van der Waals surface area contributed by atoms with Crippen LogP contribution >= 0.6 is 0 Å². The zero-order chi connectivity index (χ0) is 24.3. The van der Waals surface area contributed by atoms with Crippen molar-refractivity contribution in [3.63, 3.8) is 0 Å². The van der Waals surface area contributed by atoms with Gasteiger partial charge in [0.05, 0.1) is 18.2 Å². The first kappa shape index (κ1) is 26.2. The largest absolute Gasteiger partial charge is 0.447 e. The van der Waals surface area contributed by atoms with Crippen molar-refractivity contribution >= 4 is 12.0 Å². The second-order valence-corrected chi connectivity index (χ2v) is 10.9. The average Bonchev–Trinajstić information content (AvgIpc) is 3.14. The van der Waals surface area contributed by atoms with Crippen LogP contribution < -0.4 is 5.43 Å². The summed E-state index contributed by atoms with van der Waals surface area (Å²) in [5.41, 5.74) is 3.41. The smallest absolute Gasteiger partial charge is 0.410 e. The normalized spacial score (nSPS) is 31.7. The molecule has 3 fully saturated rings. The Morgan fingerprint density at radius 1 is 1.18 bits per heavy atom. The molecule has 5 unspecified atom stereocenters. The number of amides is 2. The van der Waals surface area contributed by atoms with Crippen molar-refractivity contribution in [3.8, 4) is 0 Å². The van der Waals surface area contributed by atoms with E-state index in [0.29, 0.717) is 24.4 Å². The highest BCUT2D eigenvalue weighted by atomic mass is 16.6. The molecule has 0 radical (unpaired) electrons. The summed E-state index contributed by atoms with van der Waals surface area (Å²) >= 11 is 0. The monoisotopic (exact) mass is 465 g/mol. The third kappa shape index (κ3) is 6.20. The van der Waals surface area contributed by atoms with Gasteiger partial charge in [-0.1, -0.05) is 13.3 Å². The fourth-order valence-corrected chi connectivity index (χ4v) is 6.50. The van der Waals surface area contributed by atoms with Crippen LogP contribution in [0, 0.1) is 11.8 Å². The van der Waals surface area contributed by atoms with Crippen LogP contribution in [0.5, 0.6) is 0 Å². The maximum absolute atomic E-state index is 13.0. The number of ether oxygens (including phenoxy) is 1. The van der Waals surface area contributed by atoms with E-state index >= 15 is 0 Å². The highest BCUT2D eigenvalue weighted by molar-refractivity contribution is 5.75. The highest BCUT2D eigenvalue weighted by Gasteiger charge is 2.47. The number of piperazine rings is 1. The maximum atomic E-state index is 13.0. The highest BCUT2D eigenvalue weighted by Crippen LogP contribution is 2.40. The Bertz CT molecular complexity index is 674. The first-order valence-electron chi connectivity index (χ1n) is 13.0. The van der Waals surface area contributed by atoms with Gasteiger partial charge in [-0.3, -0.25) is 10.2 Å². The lowest BCUT2D eigenvalue weighted by molar-refractivity contribution is -0.142. The zero-order valence-electron chi connectivity index (χ0n) is 21.9. The number of carbonyl (C=O) groups is 2. The van der Waals surface area contributed by atoms with Crippen LogP contribution in [0.2, 0.25) is 0 Å². The number of rotatable bonds is 7. The van der Waals surface area contributed by atoms with Crippen molar-refractivity contribution in [2.75, 3.05) is 40.3 Å². The molecule has 2 aliphatic heterocycles. The molecule has 190 valence electrons. The molecule has 0 aromatic carbocycles. The summed E-state index contributed by atoms with van der Waals surface area (Å²) in [4.78, 5) is 32.0. The van der Waals surface area contributed by atoms with E-state index in [-0.39, 0.29) is 36.2 Å². The maximum Gasteiger partial charge on any atom is 0.410 e. The van der Waals surface area contributed by atoms with Crippen molar-refractivity contribution in [2.24, 2.45) is 11.8 Å². The Hall–Kier alpha value is -1.38. The van der Waals surface area contributed by atoms with Crippen molar-refractivity contribution in [1.82, 2.24) is 25.1 Å². The minimum atomic E-state index is -0.224. The van der Waals surface area contributed by atoms with Crippen LogP contribution in [0.3, 0.4) is 0 Å². The molecule has 2 amide bonds. The molecule has 1 saturated carbocycles. The molecule has 0 aromatic heterocycles. The van der Waals surface area contributed by atoms with E-state index in [4.69, 9.17) is 4.74 Å². The van der Waals surface area contributed by atoms with Gasteiger partial charge in [0.1, 0.15) is 0 Å². The van der Waals surface area contributed by atoms with Crippen molar-refractivity contribution in [1.29, 1.82) is 0 Å². The van der Waals surface area contributed by atoms with E-state index in [0.717, 1.165) is 45.3 Å². The van der Waals surface area contributed by atoms with E-state index in [1.807, 2.05) is 23.6 Å². The number of hydrogen-bond donors (Lipinski definition) is 1. The van der Waals surface area contributed by atoms with Crippen molar-refractivity contribution in [2.45, 2.75) is 97.0 Å². The van der Waals surface area contributed by atoms with Gasteiger partial charge in [0, 0.05) is 52.2 Å². The number of likely N-dealkylation sites (N-methyl/N-ethyl adjacent to an activating group) is 2. The number of fused-ring (bicyclic) bond motifs is 1. The minimum absolute atomic E-state index is 0.0186. The number of nitrogens with zero attached hydrogens (tertiary/aromatic N) is 4. The molecule has 3 aliphatic rings. The summed E-state index contributed by atoms with van der Waals surface area (Å²) in [5, 5.41) is 2.25. The second-order valence-electron chi connectivity index (χ2n) is 10.9. The molecule has 8 nitrogen and oxygen atoms in total. The number of carbonyl (C=O) groups excluding carboxylic acids is 2. The first-order valence-corrected chi connectivity index (χ1v) is 13.0. The van der Waals surface area contributed by atoms with Gasteiger partial charge in [-0.25, -0.2) is 9.80 Å². The minimum Gasteiger partial charge on any atom is -0.447 e. The quantitative estimate of drug-likeness (QED) is 0.624. The average molecular weight is 466 g/mol. The van der Waals surface area contributed by atoms with E-state index in [1.165, 1.54) is 6.42 Å². The predicted octanol–water partition coefficient (Wildman–Crippen LogP) is 2.79. The summed E-state index contributed by atoms with van der Waals surface area (Å²) in [5.74, 6) is 1.26. The van der Waals surface area contributed by atoms with Gasteiger partial charge < -0.3 is 19.4 Å². The van der Waals surface area contributed by atoms with Gasteiger partial charge in [-0.05, 0) is 65.3 Å². The molecule has 1 N–H and O–H groups in total. The number of hydrogen-bond acceptors (Lipinski definition) is 6. The lowest BCUT2D eigenvalue weighted by Crippen LogP contribution is -2.67. The molecular weight excluding hydrogens is 418 g/mol. The Labute approximate surface area is 200 Å². The molecule has 0 aromatic rings. The standard InChI is InChI=1S/C25H47N5O3/c1-8-20(15-27(6)16-22-11-12-26-28(22)7)21-9-10-23-24(13-21)29(25(32)33-17(2)3)14-18(4)30(23)19(5)31/h17-18,20-24,26H,8-16H2,1-7H3/t18-,20?,21?,22?,23?,24?/m0/s1. The first-order chi connectivity index (χ1) is 15.6. The molecule has 2 saturated heterocycles. The van der Waals surface area contributed by atoms with Gasteiger partial charge in [0.2, 0.25) is 5.91 Å². The molecule has 33 heavy (non-hydrogen) atoms. The Balaban J connectivity index is 1.70. The molecule has 6 atom stereocenters. The van der Waals surface area contributed by atoms with Crippen LogP contribution in [0.15, 0.2) is 0 Å². The van der Waals surface area contributed by atoms with Crippen LogP contribution in [0.25, 0.3) is 0 Å². The van der Waals surface area contributed by atoms with Crippen molar-refractivity contribution in [3.05, 3.63) is 0 Å². The van der Waals surface area contributed by atoms with Gasteiger partial charge in [0.15, 0.2) is 0 Å². The fraction of sp³-hybridized carbons (Fsp3) is 0.920. The summed E-state index contributed by atoms with van der Waals surface area (Å²) in [6.45, 7) is 13.6. The molecule has 8 heteroatoms. The predicted molar refractivity (Wildman–Crippen MR) is 131 cm³/mol. The van der Waals surface area contributed by atoms with Crippen molar-refractivity contribution < 1.29 is 14.3 Å². The summed E-state index contributed by atoms with van der Waals surface area (Å²) in [7, 11) is 4.38. The third-order valence-electron chi connectivity index (χ3n) is 8.10. The van der Waals surface area contributed by atoms with E-state index in [1.54, 1.807) is 6.92 Å². The molecule has 0 spiro atoms. The Kier molecular flexibility index (Phi) is 9.03. The van der Waals surface area contributed by atoms with E-state index < -0.39 is 0 Å². The van der Waals surface area contributed by atoms with Gasteiger partial charge in [0.25, 0.3) is 0 Å². The van der Waals surface area contributed by atoms with Gasteiger partial charge in [-0.2, -0.15) is 0 Å². The van der Waals surface area contributed by atoms with E-state index in [2.05, 4.69) is 43.3 Å². The van der Waals surface area contributed by atoms with Crippen LogP contribution in [-0.2, 0) is 9.53 Å². The van der Waals surface area contributed by atoms with Gasteiger partial charge >= 0.3 is 6.09 Å². The molecule has 1 aliphatic carbocycles. The van der Waals surface area contributed by atoms with Gasteiger partial charge in [-0.15, -0.1) is 0 Å². The third-order valence-corrected chi connectivity index (χ3v) is 8.10. The zero-order valence-corrected chi connectivity index (χ0v) is 21.9.